The van der Waals surface area contributed by atoms with Crippen LogP contribution < -0.4 is 4.74 Å². The smallest absolute Gasteiger partial charge is 0.410 e. The fraction of sp³-hybridized carbons (Fsp3) is 0.400. The van der Waals surface area contributed by atoms with E-state index in [1.165, 1.54) is 0 Å². The minimum atomic E-state index is -0.616. The van der Waals surface area contributed by atoms with Crippen molar-refractivity contribution in [2.24, 2.45) is 12.0 Å². The number of aliphatic imine (C=N–C) groups is 1. The molecule has 0 saturated heterocycles. The average Bonchev–Trinajstić information content (AvgIpc) is 3.50. The second kappa shape index (κ2) is 10.2. The van der Waals surface area contributed by atoms with Crippen LogP contribution in [0.1, 0.15) is 33.4 Å². The van der Waals surface area contributed by atoms with Gasteiger partial charge in [-0.2, -0.15) is 10.2 Å². The van der Waals surface area contributed by atoms with E-state index in [4.69, 9.17) is 24.5 Å². The Labute approximate surface area is 230 Å². The highest BCUT2D eigenvalue weighted by atomic mass is 127. The van der Waals surface area contributed by atoms with Gasteiger partial charge in [0.15, 0.2) is 0 Å². The molecule has 1 amide bonds. The highest BCUT2D eigenvalue weighted by Crippen LogP contribution is 2.35. The number of amides is 1. The Morgan fingerprint density at radius 2 is 2.05 bits per heavy atom. The summed E-state index contributed by atoms with van der Waals surface area (Å²) in [5, 5.41) is 10.2. The minimum absolute atomic E-state index is 0.258. The lowest BCUT2D eigenvalue weighted by atomic mass is 10.0. The van der Waals surface area contributed by atoms with Gasteiger partial charge in [0, 0.05) is 12.4 Å². The van der Waals surface area contributed by atoms with E-state index < -0.39 is 11.7 Å². The van der Waals surface area contributed by atoms with Gasteiger partial charge in [0.25, 0.3) is 0 Å². The van der Waals surface area contributed by atoms with E-state index in [0.29, 0.717) is 31.9 Å². The van der Waals surface area contributed by atoms with Crippen molar-refractivity contribution in [1.82, 2.24) is 29.2 Å². The first kappa shape index (κ1) is 25.8. The topological polar surface area (TPSA) is 99.7 Å². The molecule has 2 aliphatic heterocycles. The van der Waals surface area contributed by atoms with Crippen molar-refractivity contribution in [3.8, 4) is 17.1 Å². The first-order valence-electron chi connectivity index (χ1n) is 11.9. The number of aryl methyl sites for hydroxylation is 1. The molecule has 12 heteroatoms. The zero-order chi connectivity index (χ0) is 26.3. The van der Waals surface area contributed by atoms with E-state index >= 15 is 0 Å². The maximum absolute atomic E-state index is 13.1. The number of carbonyl (C=O) groups excluding carboxylic acids is 1. The van der Waals surface area contributed by atoms with Crippen molar-refractivity contribution in [1.29, 1.82) is 0 Å². The molecule has 3 aromatic heterocycles. The van der Waals surface area contributed by atoms with E-state index in [-0.39, 0.29) is 6.61 Å². The second-order valence-electron chi connectivity index (χ2n) is 10.00. The Morgan fingerprint density at radius 3 is 2.81 bits per heavy atom. The van der Waals surface area contributed by atoms with Gasteiger partial charge in [-0.3, -0.25) is 14.9 Å². The lowest BCUT2D eigenvalue weighted by Gasteiger charge is -2.27. The van der Waals surface area contributed by atoms with Gasteiger partial charge in [-0.15, -0.1) is 0 Å². The summed E-state index contributed by atoms with van der Waals surface area (Å²) in [6.45, 7) is 9.16. The predicted octanol–water partition coefficient (Wildman–Crippen LogP) is 5.04. The van der Waals surface area contributed by atoms with Gasteiger partial charge in [-0.1, -0.05) is 6.08 Å². The van der Waals surface area contributed by atoms with Gasteiger partial charge < -0.3 is 9.47 Å². The molecule has 0 radical (unpaired) electrons. The highest BCUT2D eigenvalue weighted by Gasteiger charge is 2.26. The van der Waals surface area contributed by atoms with E-state index in [2.05, 4.69) is 40.1 Å². The summed E-state index contributed by atoms with van der Waals surface area (Å²) in [5.41, 5.74) is 5.74. The molecular weight excluding hydrogens is 604 g/mol. The number of hydrogen-bond acceptors (Lipinski definition) is 7. The van der Waals surface area contributed by atoms with E-state index in [0.717, 1.165) is 44.7 Å². The number of fused-ring (bicyclic) bond motifs is 4. The van der Waals surface area contributed by atoms with Crippen LogP contribution in [0.5, 0.6) is 5.88 Å². The van der Waals surface area contributed by atoms with Crippen molar-refractivity contribution in [3.05, 3.63) is 41.4 Å². The van der Waals surface area contributed by atoms with Crippen molar-refractivity contribution in [2.45, 2.75) is 33.3 Å². The van der Waals surface area contributed by atoms with E-state index in [1.807, 2.05) is 50.6 Å². The van der Waals surface area contributed by atoms with Crippen molar-refractivity contribution in [2.75, 3.05) is 26.2 Å². The normalized spacial score (nSPS) is 17.5. The third-order valence-electron chi connectivity index (χ3n) is 6.11. The molecule has 0 N–H and O–H groups in total. The van der Waals surface area contributed by atoms with Crippen LogP contribution in [0.3, 0.4) is 0 Å². The minimum Gasteiger partial charge on any atom is -0.475 e. The zero-order valence-electron chi connectivity index (χ0n) is 21.4. The first-order valence-corrected chi connectivity index (χ1v) is 16.0. The van der Waals surface area contributed by atoms with Crippen molar-refractivity contribution < 1.29 is 14.3 Å². The summed E-state index contributed by atoms with van der Waals surface area (Å²) in [6.07, 6.45) is 7.72. The molecular formula is C25H29IN7O3P. The average molecular weight is 633 g/mol. The molecule has 2 bridgehead atoms. The molecule has 5 rings (SSSR count). The lowest BCUT2D eigenvalue weighted by molar-refractivity contribution is 0.0255. The second-order valence-corrected chi connectivity index (χ2v) is 12.0. The van der Waals surface area contributed by atoms with Crippen LogP contribution in [0.15, 0.2) is 40.7 Å². The van der Waals surface area contributed by atoms with Gasteiger partial charge in [-0.25, -0.2) is 13.9 Å². The van der Waals surface area contributed by atoms with E-state index in [9.17, 15) is 4.79 Å². The molecule has 10 nitrogen and oxygen atoms in total. The summed E-state index contributed by atoms with van der Waals surface area (Å²) in [6, 6.07) is 2.04. The lowest BCUT2D eigenvalue weighted by Crippen LogP contribution is -2.42. The first-order chi connectivity index (χ1) is 17.6. The molecule has 37 heavy (non-hydrogen) atoms. The van der Waals surface area contributed by atoms with Crippen LogP contribution in [0.4, 0.5) is 4.79 Å². The van der Waals surface area contributed by atoms with Crippen molar-refractivity contribution in [3.63, 3.8) is 0 Å². The summed E-state index contributed by atoms with van der Waals surface area (Å²) in [7, 11) is 1.83. The Morgan fingerprint density at radius 1 is 1.24 bits per heavy atom. The maximum Gasteiger partial charge on any atom is 0.410 e. The summed E-state index contributed by atoms with van der Waals surface area (Å²) < 4.78 is 15.5. The van der Waals surface area contributed by atoms with E-state index in [1.54, 1.807) is 15.8 Å². The summed E-state index contributed by atoms with van der Waals surface area (Å²) >= 11 is 2.32. The maximum atomic E-state index is 13.1. The van der Waals surface area contributed by atoms with Crippen LogP contribution in [-0.2, 0) is 11.8 Å². The number of hydrogen-bond donors (Lipinski definition) is 0. The molecule has 0 spiro atoms. The largest absolute Gasteiger partial charge is 0.475 e. The fourth-order valence-corrected chi connectivity index (χ4v) is 5.82. The third-order valence-corrected chi connectivity index (χ3v) is 7.99. The van der Waals surface area contributed by atoms with Crippen LogP contribution in [0.25, 0.3) is 28.2 Å². The molecule has 2 aliphatic rings. The number of halogens is 1. The molecule has 0 aromatic carbocycles. The highest BCUT2D eigenvalue weighted by molar-refractivity contribution is 14.2. The number of allylic oxidation sites excluding steroid dienone is 1. The molecule has 5 heterocycles. The molecule has 0 saturated carbocycles. The Kier molecular flexibility index (Phi) is 7.10. The molecule has 0 aliphatic carbocycles. The molecule has 1 unspecified atom stereocenters. The predicted molar refractivity (Wildman–Crippen MR) is 155 cm³/mol. The van der Waals surface area contributed by atoms with Crippen molar-refractivity contribution >= 4 is 57.2 Å². The monoisotopic (exact) mass is 633 g/mol. The quantitative estimate of drug-likeness (QED) is 0.275. The molecule has 1 atom stereocenters. The number of nitrogens with zero attached hydrogens (tertiary/aromatic N) is 7. The molecule has 0 fully saturated rings. The van der Waals surface area contributed by atoms with Gasteiger partial charge in [0.05, 0.1) is 66.6 Å². The SMILES string of the molecule is CC1=C2/C=C/c3nn(PI)c4cnc(cc34)-c3cnn(C)c3OCCN(C(=O)OC(C)(C)C)CC2=NC1. The van der Waals surface area contributed by atoms with Gasteiger partial charge in [0.1, 0.15) is 12.2 Å². The number of ether oxygens (including phenoxy) is 2. The third kappa shape index (κ3) is 5.29. The van der Waals surface area contributed by atoms with Crippen LogP contribution in [0, 0.1) is 0 Å². The summed E-state index contributed by atoms with van der Waals surface area (Å²) in [4.78, 5) is 24.3. The fourth-order valence-electron chi connectivity index (χ4n) is 4.31. The number of pyridine rings is 1. The van der Waals surface area contributed by atoms with Crippen LogP contribution in [-0.4, -0.2) is 72.9 Å². The summed E-state index contributed by atoms with van der Waals surface area (Å²) in [5.74, 6) is 0.584. The van der Waals surface area contributed by atoms with Crippen LogP contribution in [0.2, 0.25) is 0 Å². The number of rotatable bonds is 1. The van der Waals surface area contributed by atoms with Gasteiger partial charge in [-0.05, 0) is 73.0 Å². The Balaban J connectivity index is 1.62. The van der Waals surface area contributed by atoms with Gasteiger partial charge in [0.2, 0.25) is 5.88 Å². The molecule has 3 aromatic rings. The standard InChI is InChI=1S/C25H29IN7O3P/c1-15-11-27-21-14-32(24(34)36-25(2,3)4)8-9-35-23-18(12-29-31(23)5)20-10-17-19(7-6-16(15)21)30-33(37-26)22(17)13-28-20/h6-7,10,12-13,37H,8-9,11,14H2,1-5H3/b7-6+. The van der Waals surface area contributed by atoms with Gasteiger partial charge >= 0.3 is 6.09 Å². The van der Waals surface area contributed by atoms with Crippen LogP contribution >= 0.6 is 28.4 Å². The number of aromatic nitrogens is 5. The Hall–Kier alpha value is -2.79. The Bertz CT molecular complexity index is 1460. The number of carbonyl (C=O) groups is 1. The zero-order valence-corrected chi connectivity index (χ0v) is 24.6. The molecule has 194 valence electrons.